The van der Waals surface area contributed by atoms with Crippen LogP contribution in [0.15, 0.2) is 0 Å². The first kappa shape index (κ1) is 9.85. The lowest BCUT2D eigenvalue weighted by atomic mass is 10.4. The Labute approximate surface area is 72.9 Å². The first-order valence-electron chi connectivity index (χ1n) is 3.79. The van der Waals surface area contributed by atoms with E-state index in [1.165, 1.54) is 40.0 Å². The van der Waals surface area contributed by atoms with Gasteiger partial charge in [0.15, 0.2) is 0 Å². The predicted molar refractivity (Wildman–Crippen MR) is 46.6 cm³/mol. The zero-order chi connectivity index (χ0) is 6.55. The first-order chi connectivity index (χ1) is 4.90. The molecule has 0 aromatic heterocycles. The van der Waals surface area contributed by atoms with Gasteiger partial charge in [-0.3, -0.25) is 19.6 Å². The van der Waals surface area contributed by atoms with E-state index in [1.54, 1.807) is 0 Å². The zero-order valence-electron chi connectivity index (χ0n) is 7.45. The molecule has 4 aliphatic rings. The highest BCUT2D eigenvalue weighted by Crippen LogP contribution is 2.20. The third-order valence-electron chi connectivity index (χ3n) is 2.40. The summed E-state index contributed by atoms with van der Waals surface area (Å²) in [5.41, 5.74) is 0. The minimum atomic E-state index is 0. The van der Waals surface area contributed by atoms with Gasteiger partial charge in [-0.15, -0.1) is 0 Å². The third kappa shape index (κ3) is 1.33. The maximum absolute atomic E-state index is 2.47. The van der Waals surface area contributed by atoms with Gasteiger partial charge in [0.2, 0.25) is 0 Å². The van der Waals surface area contributed by atoms with E-state index in [-0.39, 0.29) is 12.3 Å². The highest BCUT2D eigenvalue weighted by atomic mass is 15.7. The lowest BCUT2D eigenvalue weighted by Crippen LogP contribution is -2.71. The van der Waals surface area contributed by atoms with E-state index in [1.807, 2.05) is 0 Å². The van der Waals surface area contributed by atoms with Crippen LogP contribution >= 0.6 is 0 Å². The van der Waals surface area contributed by atoms with Crippen LogP contribution in [0.5, 0.6) is 0 Å². The molecule has 6 N–H and O–H groups in total. The van der Waals surface area contributed by atoms with E-state index >= 15 is 0 Å². The largest absolute Gasteiger partial charge is 0.344 e. The molecule has 4 heterocycles. The Kier molecular flexibility index (Phi) is 2.67. The molecule has 6 nitrogen and oxygen atoms in total. The molecule has 0 amide bonds. The number of hydrogen-bond donors (Lipinski definition) is 2. The Morgan fingerprint density at radius 3 is 0.750 bits per heavy atom. The molecule has 12 heavy (non-hydrogen) atoms. The summed E-state index contributed by atoms with van der Waals surface area (Å²) in [7, 11) is 0. The van der Waals surface area contributed by atoms with Crippen molar-refractivity contribution in [2.45, 2.75) is 0 Å². The molecular formula is C6H18N6. The van der Waals surface area contributed by atoms with E-state index in [2.05, 4.69) is 19.6 Å². The van der Waals surface area contributed by atoms with Crippen LogP contribution in [0.3, 0.4) is 0 Å². The van der Waals surface area contributed by atoms with E-state index < -0.39 is 0 Å². The Morgan fingerprint density at radius 1 is 0.417 bits per heavy atom. The van der Waals surface area contributed by atoms with Gasteiger partial charge in [0, 0.05) is 0 Å². The van der Waals surface area contributed by atoms with Crippen LogP contribution in [0.2, 0.25) is 0 Å². The van der Waals surface area contributed by atoms with Gasteiger partial charge in [-0.25, -0.2) is 0 Å². The second kappa shape index (κ2) is 3.25. The molecule has 4 rings (SSSR count). The molecule has 0 saturated carbocycles. The highest BCUT2D eigenvalue weighted by Gasteiger charge is 2.36. The first-order valence-corrected chi connectivity index (χ1v) is 3.79. The molecule has 0 spiro atoms. The molecule has 72 valence electrons. The number of rotatable bonds is 0. The van der Waals surface area contributed by atoms with Crippen LogP contribution in [0.4, 0.5) is 0 Å². The van der Waals surface area contributed by atoms with Crippen molar-refractivity contribution in [2.24, 2.45) is 0 Å². The maximum Gasteiger partial charge on any atom is 0.0555 e. The van der Waals surface area contributed by atoms with Gasteiger partial charge < -0.3 is 12.3 Å². The Hall–Kier alpha value is -0.240. The van der Waals surface area contributed by atoms with Crippen molar-refractivity contribution >= 4 is 0 Å². The third-order valence-corrected chi connectivity index (χ3v) is 2.40. The molecule has 4 saturated heterocycles. The van der Waals surface area contributed by atoms with Crippen molar-refractivity contribution in [3.8, 4) is 0 Å². The van der Waals surface area contributed by atoms with Crippen LogP contribution in [0.25, 0.3) is 0 Å². The van der Waals surface area contributed by atoms with Crippen LogP contribution in [-0.4, -0.2) is 59.6 Å². The van der Waals surface area contributed by atoms with Crippen molar-refractivity contribution in [1.29, 1.82) is 0 Å². The van der Waals surface area contributed by atoms with Gasteiger partial charge in [-0.2, -0.15) is 0 Å². The molecule has 6 heteroatoms. The van der Waals surface area contributed by atoms with Crippen LogP contribution in [0.1, 0.15) is 0 Å². The monoisotopic (exact) mass is 174 g/mol. The summed E-state index contributed by atoms with van der Waals surface area (Å²) in [4.78, 5) is 9.88. The van der Waals surface area contributed by atoms with Crippen molar-refractivity contribution in [1.82, 2.24) is 31.9 Å². The maximum atomic E-state index is 2.47. The van der Waals surface area contributed by atoms with Gasteiger partial charge in [0.1, 0.15) is 0 Å². The Morgan fingerprint density at radius 2 is 0.583 bits per heavy atom. The molecule has 0 radical (unpaired) electrons. The quantitative estimate of drug-likeness (QED) is 0.505. The molecule has 0 aromatic carbocycles. The minimum Gasteiger partial charge on any atom is -0.344 e. The second-order valence-corrected chi connectivity index (χ2v) is 3.53. The summed E-state index contributed by atoms with van der Waals surface area (Å²) in [5, 5.41) is 0. The van der Waals surface area contributed by atoms with Gasteiger partial charge in [0.25, 0.3) is 0 Å². The van der Waals surface area contributed by atoms with E-state index in [0.717, 1.165) is 0 Å². The molecule has 0 unspecified atom stereocenters. The lowest BCUT2D eigenvalue weighted by molar-refractivity contribution is -0.194. The number of nitrogens with zero attached hydrogens (tertiary/aromatic N) is 4. The zero-order valence-corrected chi connectivity index (χ0v) is 7.45. The summed E-state index contributed by atoms with van der Waals surface area (Å²) in [6.45, 7) is 7.12. The fraction of sp³-hybridized carbons (Fsp3) is 1.00. The standard InChI is InChI=1S/C6H12N4.2H3N/c1-7-2-9-4-8(1)5-10(3-7)6-9;;/h1-6H2;2*1H3. The van der Waals surface area contributed by atoms with Crippen molar-refractivity contribution < 1.29 is 0 Å². The van der Waals surface area contributed by atoms with Crippen molar-refractivity contribution in [3.05, 3.63) is 0 Å². The molecular weight excluding hydrogens is 156 g/mol. The smallest absolute Gasteiger partial charge is 0.0555 e. The fourth-order valence-corrected chi connectivity index (χ4v) is 2.23. The average Bonchev–Trinajstić information content (AvgIpc) is 1.82. The highest BCUT2D eigenvalue weighted by molar-refractivity contribution is 4.79. The number of hydrogen-bond acceptors (Lipinski definition) is 6. The van der Waals surface area contributed by atoms with E-state index in [0.29, 0.717) is 0 Å². The lowest BCUT2D eigenvalue weighted by Gasteiger charge is -2.56. The van der Waals surface area contributed by atoms with Crippen molar-refractivity contribution in [3.63, 3.8) is 0 Å². The average molecular weight is 174 g/mol. The summed E-state index contributed by atoms with van der Waals surface area (Å²) < 4.78 is 0. The summed E-state index contributed by atoms with van der Waals surface area (Å²) in [5.74, 6) is 0. The Balaban J connectivity index is 0.000000360. The molecule has 4 fully saturated rings. The second-order valence-electron chi connectivity index (χ2n) is 3.53. The molecule has 0 aliphatic carbocycles. The molecule has 4 bridgehead atoms. The SMILES string of the molecule is C1N2CN3CN1CN(C2)C3.N.N. The van der Waals surface area contributed by atoms with E-state index in [4.69, 9.17) is 0 Å². The van der Waals surface area contributed by atoms with Gasteiger partial charge in [-0.05, 0) is 0 Å². The summed E-state index contributed by atoms with van der Waals surface area (Å²) >= 11 is 0. The Bertz CT molecular complexity index is 104. The van der Waals surface area contributed by atoms with Gasteiger partial charge >= 0.3 is 0 Å². The minimum absolute atomic E-state index is 0. The fourth-order valence-electron chi connectivity index (χ4n) is 2.23. The van der Waals surface area contributed by atoms with Crippen LogP contribution in [0, 0.1) is 0 Å². The van der Waals surface area contributed by atoms with Gasteiger partial charge in [0.05, 0.1) is 40.0 Å². The predicted octanol–water partition coefficient (Wildman–Crippen LogP) is -0.696. The molecule has 0 atom stereocenters. The molecule has 4 aliphatic heterocycles. The topological polar surface area (TPSA) is 83.0 Å². The summed E-state index contributed by atoms with van der Waals surface area (Å²) in [6, 6.07) is 0. The summed E-state index contributed by atoms with van der Waals surface area (Å²) in [6.07, 6.45) is 0. The van der Waals surface area contributed by atoms with Crippen LogP contribution in [-0.2, 0) is 0 Å². The molecule has 0 aromatic rings. The van der Waals surface area contributed by atoms with Gasteiger partial charge in [-0.1, -0.05) is 0 Å². The van der Waals surface area contributed by atoms with E-state index in [9.17, 15) is 0 Å². The normalized spacial score (nSPS) is 48.0. The van der Waals surface area contributed by atoms with Crippen molar-refractivity contribution in [2.75, 3.05) is 40.0 Å². The van der Waals surface area contributed by atoms with Crippen LogP contribution < -0.4 is 12.3 Å².